The molecule has 2 unspecified atom stereocenters. The number of likely N-dealkylation sites (tertiary alicyclic amines) is 1. The van der Waals surface area contributed by atoms with Gasteiger partial charge in [-0.25, -0.2) is 0 Å². The molecule has 1 aromatic heterocycles. The van der Waals surface area contributed by atoms with Crippen LogP contribution in [0.25, 0.3) is 0 Å². The molecule has 2 heterocycles. The molecular weight excluding hydrogens is 236 g/mol. The van der Waals surface area contributed by atoms with Crippen molar-refractivity contribution in [2.24, 2.45) is 5.92 Å². The molecule has 0 radical (unpaired) electrons. The number of H-pyrrole nitrogens is 1. The van der Waals surface area contributed by atoms with Crippen LogP contribution in [0.3, 0.4) is 0 Å². The van der Waals surface area contributed by atoms with E-state index in [1.165, 1.54) is 17.2 Å². The summed E-state index contributed by atoms with van der Waals surface area (Å²) in [5.74, 6) is -1.87. The minimum absolute atomic E-state index is 0.0513. The van der Waals surface area contributed by atoms with Crippen molar-refractivity contribution >= 4 is 11.9 Å². The Balaban J connectivity index is 2.24. The molecule has 18 heavy (non-hydrogen) atoms. The Morgan fingerprint density at radius 3 is 2.78 bits per heavy atom. The molecule has 1 amide bonds. The van der Waals surface area contributed by atoms with Crippen molar-refractivity contribution in [3.05, 3.63) is 34.2 Å². The maximum absolute atomic E-state index is 12.2. The highest BCUT2D eigenvalue weighted by atomic mass is 16.4. The van der Waals surface area contributed by atoms with Gasteiger partial charge in [0.05, 0.1) is 5.92 Å². The minimum atomic E-state index is -0.903. The first-order valence-corrected chi connectivity index (χ1v) is 5.74. The van der Waals surface area contributed by atoms with Gasteiger partial charge in [0.25, 0.3) is 11.5 Å². The molecule has 0 aliphatic carbocycles. The van der Waals surface area contributed by atoms with Crippen molar-refractivity contribution in [3.8, 4) is 0 Å². The lowest BCUT2D eigenvalue weighted by atomic mass is 10.0. The number of nitrogens with zero attached hydrogens (tertiary/aromatic N) is 1. The van der Waals surface area contributed by atoms with E-state index in [2.05, 4.69) is 4.98 Å². The predicted octanol–water partition coefficient (Wildman–Crippen LogP) is 0.310. The SMILES string of the molecule is CC1C(C(=O)O)CCN1C(=O)c1ccc[nH]c1=O. The summed E-state index contributed by atoms with van der Waals surface area (Å²) in [6, 6.07) is 2.63. The van der Waals surface area contributed by atoms with E-state index in [0.29, 0.717) is 13.0 Å². The molecule has 1 saturated heterocycles. The van der Waals surface area contributed by atoms with Crippen LogP contribution in [-0.4, -0.2) is 39.5 Å². The molecule has 96 valence electrons. The number of carbonyl (C=O) groups excluding carboxylic acids is 1. The third-order valence-corrected chi connectivity index (χ3v) is 3.38. The molecular formula is C12H14N2O4. The molecule has 2 atom stereocenters. The van der Waals surface area contributed by atoms with Crippen LogP contribution in [0.4, 0.5) is 0 Å². The number of hydrogen-bond donors (Lipinski definition) is 2. The van der Waals surface area contributed by atoms with E-state index in [1.54, 1.807) is 13.0 Å². The maximum Gasteiger partial charge on any atom is 0.308 e. The van der Waals surface area contributed by atoms with Gasteiger partial charge in [-0.2, -0.15) is 0 Å². The van der Waals surface area contributed by atoms with Crippen LogP contribution >= 0.6 is 0 Å². The summed E-state index contributed by atoms with van der Waals surface area (Å²) < 4.78 is 0. The third kappa shape index (κ3) is 2.01. The van der Waals surface area contributed by atoms with Gasteiger partial charge in [0, 0.05) is 18.8 Å². The van der Waals surface area contributed by atoms with Crippen molar-refractivity contribution in [1.82, 2.24) is 9.88 Å². The summed E-state index contributed by atoms with van der Waals surface area (Å²) in [6.07, 6.45) is 1.87. The molecule has 6 nitrogen and oxygen atoms in total. The third-order valence-electron chi connectivity index (χ3n) is 3.38. The van der Waals surface area contributed by atoms with Crippen molar-refractivity contribution < 1.29 is 14.7 Å². The van der Waals surface area contributed by atoms with E-state index >= 15 is 0 Å². The number of aliphatic carboxylic acids is 1. The monoisotopic (exact) mass is 250 g/mol. The fraction of sp³-hybridized carbons (Fsp3) is 0.417. The van der Waals surface area contributed by atoms with Gasteiger partial charge < -0.3 is 15.0 Å². The number of amides is 1. The van der Waals surface area contributed by atoms with E-state index in [0.717, 1.165) is 0 Å². The molecule has 1 aliphatic heterocycles. The van der Waals surface area contributed by atoms with Crippen LogP contribution < -0.4 is 5.56 Å². The zero-order valence-corrected chi connectivity index (χ0v) is 9.92. The van der Waals surface area contributed by atoms with Crippen molar-refractivity contribution in [1.29, 1.82) is 0 Å². The number of aromatic amines is 1. The Bertz CT molecular complexity index is 537. The van der Waals surface area contributed by atoms with E-state index in [-0.39, 0.29) is 5.56 Å². The number of carbonyl (C=O) groups is 2. The fourth-order valence-corrected chi connectivity index (χ4v) is 2.30. The van der Waals surface area contributed by atoms with Gasteiger partial charge in [-0.05, 0) is 25.5 Å². The Morgan fingerprint density at radius 1 is 1.50 bits per heavy atom. The maximum atomic E-state index is 12.2. The molecule has 0 aromatic carbocycles. The Hall–Kier alpha value is -2.11. The lowest BCUT2D eigenvalue weighted by Crippen LogP contribution is -2.39. The van der Waals surface area contributed by atoms with Gasteiger partial charge >= 0.3 is 5.97 Å². The number of nitrogens with one attached hydrogen (secondary N) is 1. The van der Waals surface area contributed by atoms with E-state index in [4.69, 9.17) is 5.11 Å². The average Bonchev–Trinajstić information content (AvgIpc) is 2.71. The van der Waals surface area contributed by atoms with Crippen LogP contribution in [0.1, 0.15) is 23.7 Å². The first-order chi connectivity index (χ1) is 8.52. The van der Waals surface area contributed by atoms with Gasteiger partial charge in [0.15, 0.2) is 0 Å². The molecule has 2 N–H and O–H groups in total. The Kier molecular flexibility index (Phi) is 3.18. The number of rotatable bonds is 2. The summed E-state index contributed by atoms with van der Waals surface area (Å²) in [6.45, 7) is 2.06. The second-order valence-electron chi connectivity index (χ2n) is 4.39. The van der Waals surface area contributed by atoms with Gasteiger partial charge in [-0.15, -0.1) is 0 Å². The fourth-order valence-electron chi connectivity index (χ4n) is 2.30. The predicted molar refractivity (Wildman–Crippen MR) is 63.3 cm³/mol. The zero-order chi connectivity index (χ0) is 13.3. The number of pyridine rings is 1. The first-order valence-electron chi connectivity index (χ1n) is 5.74. The van der Waals surface area contributed by atoms with Crippen LogP contribution in [-0.2, 0) is 4.79 Å². The lowest BCUT2D eigenvalue weighted by Gasteiger charge is -2.22. The smallest absolute Gasteiger partial charge is 0.308 e. The number of carboxylic acids is 1. The zero-order valence-electron chi connectivity index (χ0n) is 9.92. The van der Waals surface area contributed by atoms with Crippen LogP contribution in [0.5, 0.6) is 0 Å². The molecule has 6 heteroatoms. The number of hydrogen-bond acceptors (Lipinski definition) is 3. The molecule has 0 bridgehead atoms. The summed E-state index contributed by atoms with van der Waals surface area (Å²) in [7, 11) is 0. The van der Waals surface area contributed by atoms with E-state index in [9.17, 15) is 14.4 Å². The van der Waals surface area contributed by atoms with E-state index in [1.807, 2.05) is 0 Å². The number of aromatic nitrogens is 1. The second kappa shape index (κ2) is 4.64. The van der Waals surface area contributed by atoms with Gasteiger partial charge in [0.1, 0.15) is 5.56 Å². The Morgan fingerprint density at radius 2 is 2.22 bits per heavy atom. The lowest BCUT2D eigenvalue weighted by molar-refractivity contribution is -0.142. The van der Waals surface area contributed by atoms with Crippen LogP contribution in [0.2, 0.25) is 0 Å². The van der Waals surface area contributed by atoms with Gasteiger partial charge in [0.2, 0.25) is 0 Å². The largest absolute Gasteiger partial charge is 0.481 e. The molecule has 2 rings (SSSR count). The minimum Gasteiger partial charge on any atom is -0.481 e. The van der Waals surface area contributed by atoms with Gasteiger partial charge in [-0.3, -0.25) is 14.4 Å². The Labute approximate surface area is 103 Å². The second-order valence-corrected chi connectivity index (χ2v) is 4.39. The highest BCUT2D eigenvalue weighted by Gasteiger charge is 2.38. The van der Waals surface area contributed by atoms with Crippen molar-refractivity contribution in [3.63, 3.8) is 0 Å². The standard InChI is InChI=1S/C12H14N2O4/c1-7-8(12(17)18)4-6-14(7)11(16)9-3-2-5-13-10(9)15/h2-3,5,7-8H,4,6H2,1H3,(H,13,15)(H,17,18). The first kappa shape index (κ1) is 12.3. The molecule has 0 spiro atoms. The topological polar surface area (TPSA) is 90.5 Å². The van der Waals surface area contributed by atoms with E-state index < -0.39 is 29.4 Å². The van der Waals surface area contributed by atoms with Gasteiger partial charge in [-0.1, -0.05) is 0 Å². The highest BCUT2D eigenvalue weighted by Crippen LogP contribution is 2.25. The van der Waals surface area contributed by atoms with Crippen LogP contribution in [0, 0.1) is 5.92 Å². The summed E-state index contributed by atoms with van der Waals surface area (Å²) in [5.41, 5.74) is -0.399. The summed E-state index contributed by atoms with van der Waals surface area (Å²) in [5, 5.41) is 9.00. The van der Waals surface area contributed by atoms with Crippen molar-refractivity contribution in [2.45, 2.75) is 19.4 Å². The highest BCUT2D eigenvalue weighted by molar-refractivity contribution is 5.94. The summed E-state index contributed by atoms with van der Waals surface area (Å²) >= 11 is 0. The normalized spacial score (nSPS) is 23.1. The molecule has 1 aliphatic rings. The molecule has 0 saturated carbocycles. The molecule has 1 fully saturated rings. The van der Waals surface area contributed by atoms with Crippen molar-refractivity contribution in [2.75, 3.05) is 6.54 Å². The summed E-state index contributed by atoms with van der Waals surface area (Å²) in [4.78, 5) is 38.5. The molecule has 1 aromatic rings. The van der Waals surface area contributed by atoms with Crippen LogP contribution in [0.15, 0.2) is 23.1 Å². The quantitative estimate of drug-likeness (QED) is 0.790. The number of carboxylic acid groups (broad SMARTS) is 1. The average molecular weight is 250 g/mol.